The second-order valence-corrected chi connectivity index (χ2v) is 23.2. The fourth-order valence-electron chi connectivity index (χ4n) is 9.72. The van der Waals surface area contributed by atoms with Crippen molar-refractivity contribution in [1.29, 1.82) is 5.26 Å². The first-order chi connectivity index (χ1) is 33.6. The summed E-state index contributed by atoms with van der Waals surface area (Å²) in [5, 5.41) is 24.3. The van der Waals surface area contributed by atoms with E-state index in [0.29, 0.717) is 39.4 Å². The average Bonchev–Trinajstić information content (AvgIpc) is 3.91. The first-order valence-corrected chi connectivity index (χ1v) is 24.6. The molecule has 364 valence electrons. The van der Waals surface area contributed by atoms with Gasteiger partial charge in [-0.1, -0.05) is 185 Å². The number of nitriles is 1. The Labute approximate surface area is 438 Å². The SMILES string of the molecule is CC(C)(C)c1ccc(-c2ccnc(-c3[c-]c(-c4cccc5c4nc(-c4cc(C(C)(C)C)cc(C(C)(C)C)c4O)n5-c4ccc(C(C)(C)C)cc4-c4ccccc4)cc4c3oc3cc(C#N)ccc34)c2)cc1.[Pt]. The first kappa shape index (κ1) is 49.9. The Morgan fingerprint density at radius 3 is 1.93 bits per heavy atom. The molecule has 7 heteroatoms. The second kappa shape index (κ2) is 18.2. The summed E-state index contributed by atoms with van der Waals surface area (Å²) in [5.41, 5.74) is 16.1. The maximum absolute atomic E-state index is 12.6. The summed E-state index contributed by atoms with van der Waals surface area (Å²) in [6.45, 7) is 26.5. The molecule has 1 N–H and O–H groups in total. The molecule has 0 fully saturated rings. The van der Waals surface area contributed by atoms with Crippen LogP contribution in [0.5, 0.6) is 5.75 Å². The summed E-state index contributed by atoms with van der Waals surface area (Å²) in [5.74, 6) is 0.847. The molecule has 0 amide bonds. The Hall–Kier alpha value is -7.06. The number of hydrogen-bond donors (Lipinski definition) is 1. The maximum atomic E-state index is 12.6. The minimum Gasteiger partial charge on any atom is -0.507 e. The van der Waals surface area contributed by atoms with E-state index >= 15 is 0 Å². The topological polar surface area (TPSA) is 87.9 Å². The third-order valence-corrected chi connectivity index (χ3v) is 13.9. The van der Waals surface area contributed by atoms with E-state index in [-0.39, 0.29) is 48.5 Å². The Bertz CT molecular complexity index is 3750. The number of furan rings is 1. The number of fused-ring (bicyclic) bond motifs is 4. The van der Waals surface area contributed by atoms with Crippen molar-refractivity contribution in [3.63, 3.8) is 0 Å². The van der Waals surface area contributed by atoms with Gasteiger partial charge in [-0.2, -0.15) is 5.26 Å². The minimum absolute atomic E-state index is 0. The van der Waals surface area contributed by atoms with Crippen LogP contribution in [0.2, 0.25) is 0 Å². The third-order valence-electron chi connectivity index (χ3n) is 13.9. The van der Waals surface area contributed by atoms with Gasteiger partial charge < -0.3 is 9.52 Å². The molecule has 7 aromatic carbocycles. The molecule has 0 aliphatic rings. The predicted molar refractivity (Wildman–Crippen MR) is 293 cm³/mol. The smallest absolute Gasteiger partial charge is 0.148 e. The number of phenols is 1. The number of imidazole rings is 1. The van der Waals surface area contributed by atoms with E-state index in [2.05, 4.69) is 215 Å². The number of pyridine rings is 1. The third kappa shape index (κ3) is 9.09. The van der Waals surface area contributed by atoms with Crippen LogP contribution in [0, 0.1) is 17.4 Å². The van der Waals surface area contributed by atoms with Gasteiger partial charge in [0.15, 0.2) is 0 Å². The molecule has 3 heterocycles. The van der Waals surface area contributed by atoms with Crippen molar-refractivity contribution in [2.24, 2.45) is 0 Å². The number of aromatic nitrogens is 3. The van der Waals surface area contributed by atoms with Crippen LogP contribution < -0.4 is 0 Å². The number of rotatable bonds is 6. The van der Waals surface area contributed by atoms with E-state index in [1.165, 1.54) is 11.1 Å². The molecule has 0 aliphatic carbocycles. The molecule has 0 atom stereocenters. The summed E-state index contributed by atoms with van der Waals surface area (Å²) in [4.78, 5) is 10.7. The summed E-state index contributed by atoms with van der Waals surface area (Å²) in [7, 11) is 0. The number of aromatic hydroxyl groups is 1. The molecule has 0 spiro atoms. The van der Waals surface area contributed by atoms with Crippen molar-refractivity contribution in [2.45, 2.75) is 105 Å². The van der Waals surface area contributed by atoms with Gasteiger partial charge in [-0.05, 0) is 103 Å². The number of nitrogens with zero attached hydrogens (tertiary/aromatic N) is 4. The van der Waals surface area contributed by atoms with Crippen molar-refractivity contribution >= 4 is 33.0 Å². The standard InChI is InChI=1S/C65H61N4O2.Pt/c1-62(2,3)44-24-22-40(23-25-44)42-29-30-67-54(34-42)51-33-43(32-50-48-27-21-39(38-66)31-57(48)71-60(50)51)47-19-16-20-56-58(47)68-61(52-36-46(64(7,8)9)37-53(59(52)70)65(10,11)12)69(56)55-28-26-45(63(4,5)6)35-49(55)41-17-14-13-15-18-41;/h13-32,34-37,70H,1-12H3;/q-1;. The van der Waals surface area contributed by atoms with E-state index in [1.807, 2.05) is 24.4 Å². The molecular formula is C65H61N4O2Pt-. The zero-order chi connectivity index (χ0) is 50.4. The van der Waals surface area contributed by atoms with Crippen LogP contribution in [0.3, 0.4) is 0 Å². The largest absolute Gasteiger partial charge is 0.507 e. The number of benzene rings is 7. The van der Waals surface area contributed by atoms with Crippen LogP contribution in [0.1, 0.15) is 111 Å². The van der Waals surface area contributed by atoms with Gasteiger partial charge in [-0.25, -0.2) is 4.98 Å². The second-order valence-electron chi connectivity index (χ2n) is 23.2. The molecule has 0 radical (unpaired) electrons. The van der Waals surface area contributed by atoms with Gasteiger partial charge in [-0.15, -0.1) is 17.7 Å². The van der Waals surface area contributed by atoms with Crippen LogP contribution in [0.15, 0.2) is 150 Å². The molecule has 10 aromatic rings. The van der Waals surface area contributed by atoms with Gasteiger partial charge in [0.05, 0.1) is 39.5 Å². The monoisotopic (exact) mass is 1120 g/mol. The summed E-state index contributed by atoms with van der Waals surface area (Å²) < 4.78 is 8.95. The van der Waals surface area contributed by atoms with Gasteiger partial charge in [0.25, 0.3) is 0 Å². The molecule has 0 saturated heterocycles. The van der Waals surface area contributed by atoms with Crippen LogP contribution in [0.25, 0.3) is 94.7 Å². The molecule has 10 rings (SSSR count). The van der Waals surface area contributed by atoms with Gasteiger partial charge in [0.1, 0.15) is 17.2 Å². The van der Waals surface area contributed by atoms with E-state index in [1.54, 1.807) is 6.07 Å². The van der Waals surface area contributed by atoms with Gasteiger partial charge in [-0.3, -0.25) is 9.55 Å². The molecule has 3 aromatic heterocycles. The quantitative estimate of drug-likeness (QED) is 0.168. The Kier molecular flexibility index (Phi) is 12.6. The van der Waals surface area contributed by atoms with Crippen molar-refractivity contribution in [3.8, 4) is 73.5 Å². The summed E-state index contributed by atoms with van der Waals surface area (Å²) in [6.07, 6.45) is 1.85. The molecule has 72 heavy (non-hydrogen) atoms. The van der Waals surface area contributed by atoms with Crippen molar-refractivity contribution in [2.75, 3.05) is 0 Å². The molecular weight excluding hydrogens is 1060 g/mol. The Morgan fingerprint density at radius 2 is 1.26 bits per heavy atom. The number of para-hydroxylation sites is 1. The fourth-order valence-corrected chi connectivity index (χ4v) is 9.72. The normalized spacial score (nSPS) is 12.4. The molecule has 0 saturated carbocycles. The molecule has 6 nitrogen and oxygen atoms in total. The fraction of sp³-hybridized carbons (Fsp3) is 0.246. The first-order valence-electron chi connectivity index (χ1n) is 24.6. The zero-order valence-electron chi connectivity index (χ0n) is 43.3. The van der Waals surface area contributed by atoms with Crippen LogP contribution in [-0.4, -0.2) is 19.6 Å². The Balaban J connectivity index is 0.00000640. The van der Waals surface area contributed by atoms with Crippen molar-refractivity contribution < 1.29 is 30.6 Å². The average molecular weight is 1130 g/mol. The molecule has 0 aliphatic heterocycles. The van der Waals surface area contributed by atoms with E-state index in [4.69, 9.17) is 14.4 Å². The van der Waals surface area contributed by atoms with Crippen LogP contribution >= 0.6 is 0 Å². The van der Waals surface area contributed by atoms with E-state index in [0.717, 1.165) is 72.0 Å². The van der Waals surface area contributed by atoms with Crippen LogP contribution in [0.4, 0.5) is 0 Å². The van der Waals surface area contributed by atoms with E-state index in [9.17, 15) is 10.4 Å². The van der Waals surface area contributed by atoms with Crippen molar-refractivity contribution in [3.05, 3.63) is 180 Å². The maximum Gasteiger partial charge on any atom is 0.148 e. The van der Waals surface area contributed by atoms with Crippen LogP contribution in [-0.2, 0) is 42.7 Å². The van der Waals surface area contributed by atoms with Gasteiger partial charge >= 0.3 is 0 Å². The van der Waals surface area contributed by atoms with E-state index < -0.39 is 0 Å². The summed E-state index contributed by atoms with van der Waals surface area (Å²) in [6, 6.07) is 54.6. The van der Waals surface area contributed by atoms with Gasteiger partial charge in [0, 0.05) is 49.5 Å². The predicted octanol–water partition coefficient (Wildman–Crippen LogP) is 17.2. The molecule has 0 bridgehead atoms. The van der Waals surface area contributed by atoms with Crippen molar-refractivity contribution in [1.82, 2.24) is 14.5 Å². The number of hydrogen-bond acceptors (Lipinski definition) is 5. The zero-order valence-corrected chi connectivity index (χ0v) is 45.6. The minimum atomic E-state index is -0.366. The number of phenolic OH excluding ortho intramolecular Hbond substituents is 1. The summed E-state index contributed by atoms with van der Waals surface area (Å²) >= 11 is 0. The van der Waals surface area contributed by atoms with Gasteiger partial charge in [0.2, 0.25) is 0 Å². The molecule has 0 unspecified atom stereocenters. The Morgan fingerprint density at radius 1 is 0.583 bits per heavy atom.